The predicted molar refractivity (Wildman–Crippen MR) is 143 cm³/mol. The maximum absolute atomic E-state index is 5.98. The lowest BCUT2D eigenvalue weighted by Gasteiger charge is -2.26. The molecule has 0 radical (unpaired) electrons. The van der Waals surface area contributed by atoms with Crippen LogP contribution in [0.25, 0.3) is 0 Å². The molecule has 0 atom stereocenters. The standard InChI is InChI=1S/C30H38N2O3/c1-33-27-13-7-24(8-14-27)6-11-26-12-17-29(34-2)22-30(26)31-23-25-9-15-28(16-10-25)35-21-20-32-18-4-3-5-19-32/h7-10,12-17,22,31H,3-6,11,18-21,23H2,1-2H3. The van der Waals surface area contributed by atoms with Crippen molar-refractivity contribution in [1.29, 1.82) is 0 Å². The summed E-state index contributed by atoms with van der Waals surface area (Å²) in [5, 5.41) is 3.62. The zero-order chi connectivity index (χ0) is 24.3. The van der Waals surface area contributed by atoms with E-state index >= 15 is 0 Å². The number of nitrogens with one attached hydrogen (secondary N) is 1. The van der Waals surface area contributed by atoms with E-state index < -0.39 is 0 Å². The van der Waals surface area contributed by atoms with Crippen molar-refractivity contribution < 1.29 is 14.2 Å². The molecule has 0 spiro atoms. The molecule has 1 N–H and O–H groups in total. The zero-order valence-electron chi connectivity index (χ0n) is 21.1. The third kappa shape index (κ3) is 7.66. The summed E-state index contributed by atoms with van der Waals surface area (Å²) in [5.74, 6) is 2.68. The molecule has 186 valence electrons. The minimum atomic E-state index is 0.747. The molecule has 35 heavy (non-hydrogen) atoms. The van der Waals surface area contributed by atoms with Gasteiger partial charge in [-0.2, -0.15) is 0 Å². The molecular formula is C30H38N2O3. The molecule has 0 amide bonds. The second kappa shape index (κ2) is 13.1. The number of aryl methyl sites for hydroxylation is 2. The number of likely N-dealkylation sites (tertiary alicyclic amines) is 1. The van der Waals surface area contributed by atoms with Gasteiger partial charge in [-0.15, -0.1) is 0 Å². The lowest BCUT2D eigenvalue weighted by atomic mass is 10.0. The fourth-order valence-electron chi connectivity index (χ4n) is 4.51. The number of benzene rings is 3. The molecule has 0 bridgehead atoms. The number of rotatable bonds is 12. The van der Waals surface area contributed by atoms with Crippen LogP contribution in [0, 0.1) is 0 Å². The van der Waals surface area contributed by atoms with E-state index in [1.165, 1.54) is 49.0 Å². The number of anilines is 1. The number of hydrogen-bond acceptors (Lipinski definition) is 5. The molecule has 1 fully saturated rings. The average Bonchev–Trinajstić information content (AvgIpc) is 2.92. The molecule has 0 unspecified atom stereocenters. The highest BCUT2D eigenvalue weighted by molar-refractivity contribution is 5.56. The Labute approximate surface area is 210 Å². The van der Waals surface area contributed by atoms with Crippen LogP contribution in [0.5, 0.6) is 17.2 Å². The quantitative estimate of drug-likeness (QED) is 0.351. The summed E-state index contributed by atoms with van der Waals surface area (Å²) >= 11 is 0. The van der Waals surface area contributed by atoms with Crippen LogP contribution >= 0.6 is 0 Å². The number of hydrogen-bond donors (Lipinski definition) is 1. The summed E-state index contributed by atoms with van der Waals surface area (Å²) in [7, 11) is 3.40. The van der Waals surface area contributed by atoms with Gasteiger partial charge in [-0.1, -0.05) is 36.8 Å². The number of ether oxygens (including phenoxy) is 3. The lowest BCUT2D eigenvalue weighted by molar-refractivity contribution is 0.183. The first kappa shape index (κ1) is 24.9. The first-order chi connectivity index (χ1) is 17.2. The van der Waals surface area contributed by atoms with Crippen molar-refractivity contribution in [2.75, 3.05) is 45.8 Å². The zero-order valence-corrected chi connectivity index (χ0v) is 21.1. The first-order valence-corrected chi connectivity index (χ1v) is 12.7. The molecule has 3 aromatic carbocycles. The van der Waals surface area contributed by atoms with Crippen molar-refractivity contribution in [3.8, 4) is 17.2 Å². The molecule has 0 aliphatic carbocycles. The summed E-state index contributed by atoms with van der Waals surface area (Å²) in [6.07, 6.45) is 5.92. The molecule has 4 rings (SSSR count). The average molecular weight is 475 g/mol. The van der Waals surface area contributed by atoms with Crippen LogP contribution in [-0.2, 0) is 19.4 Å². The second-order valence-electron chi connectivity index (χ2n) is 9.12. The Morgan fingerprint density at radius 2 is 1.37 bits per heavy atom. The van der Waals surface area contributed by atoms with Gasteiger partial charge in [-0.3, -0.25) is 4.90 Å². The van der Waals surface area contributed by atoms with E-state index in [1.807, 2.05) is 18.2 Å². The molecule has 1 saturated heterocycles. The predicted octanol–water partition coefficient (Wildman–Crippen LogP) is 5.97. The Morgan fingerprint density at radius 1 is 0.714 bits per heavy atom. The van der Waals surface area contributed by atoms with Gasteiger partial charge in [-0.25, -0.2) is 0 Å². The largest absolute Gasteiger partial charge is 0.497 e. The Hall–Kier alpha value is -3.18. The third-order valence-electron chi connectivity index (χ3n) is 6.69. The monoisotopic (exact) mass is 474 g/mol. The van der Waals surface area contributed by atoms with E-state index in [9.17, 15) is 0 Å². The molecule has 5 heteroatoms. The van der Waals surface area contributed by atoms with E-state index in [-0.39, 0.29) is 0 Å². The third-order valence-corrected chi connectivity index (χ3v) is 6.69. The SMILES string of the molecule is COc1ccc(CCc2ccc(OC)cc2NCc2ccc(OCCN3CCCCC3)cc2)cc1. The van der Waals surface area contributed by atoms with Crippen LogP contribution in [0.4, 0.5) is 5.69 Å². The van der Waals surface area contributed by atoms with E-state index in [1.54, 1.807) is 14.2 Å². The van der Waals surface area contributed by atoms with Crippen LogP contribution in [0.3, 0.4) is 0 Å². The van der Waals surface area contributed by atoms with Crippen molar-refractivity contribution >= 4 is 5.69 Å². The van der Waals surface area contributed by atoms with Gasteiger partial charge in [0.05, 0.1) is 14.2 Å². The highest BCUT2D eigenvalue weighted by Gasteiger charge is 2.10. The highest BCUT2D eigenvalue weighted by Crippen LogP contribution is 2.25. The van der Waals surface area contributed by atoms with Crippen molar-refractivity contribution in [3.05, 3.63) is 83.4 Å². The van der Waals surface area contributed by atoms with Crippen molar-refractivity contribution in [3.63, 3.8) is 0 Å². The van der Waals surface area contributed by atoms with Crippen LogP contribution in [0.1, 0.15) is 36.0 Å². The summed E-state index contributed by atoms with van der Waals surface area (Å²) in [6, 6.07) is 23.0. The summed E-state index contributed by atoms with van der Waals surface area (Å²) in [4.78, 5) is 2.50. The van der Waals surface area contributed by atoms with Gasteiger partial charge in [0.1, 0.15) is 23.9 Å². The fourth-order valence-corrected chi connectivity index (χ4v) is 4.51. The van der Waals surface area contributed by atoms with E-state index in [0.29, 0.717) is 0 Å². The van der Waals surface area contributed by atoms with Crippen molar-refractivity contribution in [1.82, 2.24) is 4.90 Å². The van der Waals surface area contributed by atoms with Crippen LogP contribution in [-0.4, -0.2) is 45.4 Å². The maximum Gasteiger partial charge on any atom is 0.120 e. The molecule has 1 heterocycles. The minimum Gasteiger partial charge on any atom is -0.497 e. The topological polar surface area (TPSA) is 43.0 Å². The minimum absolute atomic E-state index is 0.747. The number of piperidine rings is 1. The maximum atomic E-state index is 5.98. The first-order valence-electron chi connectivity index (χ1n) is 12.7. The molecular weight excluding hydrogens is 436 g/mol. The summed E-state index contributed by atoms with van der Waals surface area (Å²) in [5.41, 5.74) is 4.90. The van der Waals surface area contributed by atoms with Crippen molar-refractivity contribution in [2.45, 2.75) is 38.6 Å². The Balaban J connectivity index is 1.30. The lowest BCUT2D eigenvalue weighted by Crippen LogP contribution is -2.33. The van der Waals surface area contributed by atoms with Gasteiger partial charge in [0.25, 0.3) is 0 Å². The van der Waals surface area contributed by atoms with Crippen molar-refractivity contribution in [2.24, 2.45) is 0 Å². The molecule has 1 aliphatic heterocycles. The van der Waals surface area contributed by atoms with Gasteiger partial charge in [0.15, 0.2) is 0 Å². The van der Waals surface area contributed by atoms with Crippen LogP contribution in [0.2, 0.25) is 0 Å². The van der Waals surface area contributed by atoms with Gasteiger partial charge in [0.2, 0.25) is 0 Å². The van der Waals surface area contributed by atoms with E-state index in [0.717, 1.165) is 55.5 Å². The van der Waals surface area contributed by atoms with Gasteiger partial charge >= 0.3 is 0 Å². The summed E-state index contributed by atoms with van der Waals surface area (Å²) in [6.45, 7) is 4.93. The molecule has 1 aliphatic rings. The van der Waals surface area contributed by atoms with Gasteiger partial charge in [0, 0.05) is 24.8 Å². The fraction of sp³-hybridized carbons (Fsp3) is 0.400. The van der Waals surface area contributed by atoms with E-state index in [4.69, 9.17) is 14.2 Å². The molecule has 0 saturated carbocycles. The van der Waals surface area contributed by atoms with Gasteiger partial charge in [-0.05, 0) is 85.8 Å². The van der Waals surface area contributed by atoms with E-state index in [2.05, 4.69) is 58.7 Å². The smallest absolute Gasteiger partial charge is 0.120 e. The number of methoxy groups -OCH3 is 2. The highest BCUT2D eigenvalue weighted by atomic mass is 16.5. The Bertz CT molecular complexity index is 1030. The molecule has 3 aromatic rings. The number of nitrogens with zero attached hydrogens (tertiary/aromatic N) is 1. The second-order valence-corrected chi connectivity index (χ2v) is 9.12. The Kier molecular flexibility index (Phi) is 9.30. The van der Waals surface area contributed by atoms with Crippen LogP contribution in [0.15, 0.2) is 66.7 Å². The Morgan fingerprint density at radius 3 is 2.09 bits per heavy atom. The normalized spacial score (nSPS) is 13.9. The van der Waals surface area contributed by atoms with Gasteiger partial charge < -0.3 is 19.5 Å². The molecule has 5 nitrogen and oxygen atoms in total. The van der Waals surface area contributed by atoms with Crippen LogP contribution < -0.4 is 19.5 Å². The molecule has 0 aromatic heterocycles. The summed E-state index contributed by atoms with van der Waals surface area (Å²) < 4.78 is 16.7.